The number of nitrogens with zero attached hydrogens (tertiary/aromatic N) is 10. The molecule has 58 heavy (non-hydrogen) atoms. The molecule has 2 aromatic carbocycles. The smallest absolute Gasteiger partial charge is 0.260 e. The first-order valence-electron chi connectivity index (χ1n) is 18.4. The molecule has 6 aromatic rings. The molecule has 16 nitrogen and oxygen atoms in total. The molecule has 0 atom stereocenters. The Morgan fingerprint density at radius 3 is 1.64 bits per heavy atom. The molecule has 4 aromatic heterocycles. The van der Waals surface area contributed by atoms with Gasteiger partial charge in [0.15, 0.2) is 11.6 Å². The molecule has 2 aliphatic heterocycles. The second-order valence-corrected chi connectivity index (χ2v) is 15.0. The van der Waals surface area contributed by atoms with Crippen LogP contribution in [0.15, 0.2) is 89.9 Å². The number of anilines is 3. The van der Waals surface area contributed by atoms with Gasteiger partial charge in [0.05, 0.1) is 13.1 Å². The Bertz CT molecular complexity index is 2540. The van der Waals surface area contributed by atoms with Crippen molar-refractivity contribution in [1.29, 1.82) is 0 Å². The fourth-order valence-electron chi connectivity index (χ4n) is 6.75. The Balaban J connectivity index is 0.000000160. The lowest BCUT2D eigenvalue weighted by Gasteiger charge is -2.15. The average Bonchev–Trinajstić information content (AvgIpc) is 4.05. The lowest BCUT2D eigenvalue weighted by molar-refractivity contribution is -0.116. The third-order valence-electron chi connectivity index (χ3n) is 9.61. The zero-order chi connectivity index (χ0) is 39.8. The Kier molecular flexibility index (Phi) is 11.2. The van der Waals surface area contributed by atoms with Crippen molar-refractivity contribution in [2.75, 3.05) is 15.1 Å². The second-order valence-electron chi connectivity index (χ2n) is 14.1. The van der Waals surface area contributed by atoms with Crippen molar-refractivity contribution in [2.45, 2.75) is 72.1 Å². The van der Waals surface area contributed by atoms with Gasteiger partial charge in [0.2, 0.25) is 11.8 Å². The molecule has 0 saturated heterocycles. The number of carbonyl (C=O) groups is 4. The average molecular weight is 846 g/mol. The zero-order valence-corrected chi connectivity index (χ0v) is 32.6. The minimum Gasteiger partial charge on any atom is -0.370 e. The molecule has 4 amide bonds. The van der Waals surface area contributed by atoms with Crippen molar-refractivity contribution >= 4 is 56.9 Å². The number of halogens is 1. The van der Waals surface area contributed by atoms with E-state index in [1.54, 1.807) is 34.6 Å². The largest absolute Gasteiger partial charge is 0.370 e. The summed E-state index contributed by atoms with van der Waals surface area (Å²) in [5.41, 5.74) is 9.83. The molecular weight excluding hydrogens is 804 g/mol. The van der Waals surface area contributed by atoms with Crippen LogP contribution in [0.1, 0.15) is 90.9 Å². The second kappa shape index (κ2) is 16.5. The molecule has 2 fully saturated rings. The highest BCUT2D eigenvalue weighted by atomic mass is 79.9. The summed E-state index contributed by atoms with van der Waals surface area (Å²) in [5.74, 6) is 2.10. The minimum atomic E-state index is -0.333. The SMILES string of the molecule is C.CC(=O)Nc1ccc2c(c1)CN(c1cccc(-c3nncn3C3CC3)n1)C2=O.CC(N)=O.O=C1c2ccc(Br)cc2CN1c1cccc(-c2nncn2C2CC2)n1. The molecule has 2 aliphatic carbocycles. The lowest BCUT2D eigenvalue weighted by Crippen LogP contribution is -2.24. The van der Waals surface area contributed by atoms with Gasteiger partial charge in [-0.2, -0.15) is 0 Å². The monoisotopic (exact) mass is 844 g/mol. The van der Waals surface area contributed by atoms with E-state index in [0.717, 1.165) is 64.2 Å². The molecule has 6 heterocycles. The van der Waals surface area contributed by atoms with Gasteiger partial charge in [-0.25, -0.2) is 9.97 Å². The van der Waals surface area contributed by atoms with Gasteiger partial charge in [-0.05, 0) is 97.5 Å². The Morgan fingerprint density at radius 2 is 1.17 bits per heavy atom. The first kappa shape index (κ1) is 39.6. The zero-order valence-electron chi connectivity index (χ0n) is 31.0. The quantitative estimate of drug-likeness (QED) is 0.178. The number of primary amides is 1. The molecule has 296 valence electrons. The van der Waals surface area contributed by atoms with E-state index in [1.807, 2.05) is 65.2 Å². The van der Waals surface area contributed by atoms with Gasteiger partial charge in [-0.3, -0.25) is 29.0 Å². The van der Waals surface area contributed by atoms with Crippen LogP contribution in [0.25, 0.3) is 23.0 Å². The Morgan fingerprint density at radius 1 is 0.707 bits per heavy atom. The van der Waals surface area contributed by atoms with E-state index < -0.39 is 0 Å². The van der Waals surface area contributed by atoms with E-state index in [-0.39, 0.29) is 31.1 Å². The number of pyridine rings is 2. The molecule has 2 saturated carbocycles. The molecule has 0 bridgehead atoms. The number of amides is 4. The molecule has 17 heteroatoms. The van der Waals surface area contributed by atoms with E-state index in [9.17, 15) is 19.2 Å². The number of nitrogens with one attached hydrogen (secondary N) is 1. The summed E-state index contributed by atoms with van der Waals surface area (Å²) in [6.07, 6.45) is 8.05. The van der Waals surface area contributed by atoms with Crippen molar-refractivity contribution in [1.82, 2.24) is 39.5 Å². The van der Waals surface area contributed by atoms with E-state index in [4.69, 9.17) is 4.98 Å². The Hall–Kier alpha value is -6.62. The number of nitrogens with two attached hydrogens (primary N) is 1. The molecule has 0 unspecified atom stereocenters. The van der Waals surface area contributed by atoms with Gasteiger partial charge in [0.1, 0.15) is 35.7 Å². The molecule has 3 N–H and O–H groups in total. The van der Waals surface area contributed by atoms with Crippen molar-refractivity contribution in [3.8, 4) is 23.0 Å². The van der Waals surface area contributed by atoms with Crippen molar-refractivity contribution in [3.05, 3.63) is 112 Å². The van der Waals surface area contributed by atoms with Crippen LogP contribution in [0.3, 0.4) is 0 Å². The molecule has 4 aliphatic rings. The Labute approximate surface area is 342 Å². The fraction of sp³-hybridized carbons (Fsp3) is 0.268. The van der Waals surface area contributed by atoms with Crippen LogP contribution < -0.4 is 20.9 Å². The molecule has 10 rings (SSSR count). The fourth-order valence-corrected chi connectivity index (χ4v) is 7.16. The highest BCUT2D eigenvalue weighted by molar-refractivity contribution is 9.10. The number of aromatic nitrogens is 8. The van der Waals surface area contributed by atoms with Crippen molar-refractivity contribution in [3.63, 3.8) is 0 Å². The number of rotatable bonds is 7. The summed E-state index contributed by atoms with van der Waals surface area (Å²) in [4.78, 5) is 58.8. The van der Waals surface area contributed by atoms with E-state index in [0.29, 0.717) is 53.8 Å². The van der Waals surface area contributed by atoms with Crippen LogP contribution in [0.4, 0.5) is 17.3 Å². The lowest BCUT2D eigenvalue weighted by atomic mass is 10.1. The van der Waals surface area contributed by atoms with E-state index in [1.165, 1.54) is 13.8 Å². The summed E-state index contributed by atoms with van der Waals surface area (Å²) in [6, 6.07) is 23.2. The van der Waals surface area contributed by atoms with Crippen LogP contribution in [-0.4, -0.2) is 63.1 Å². The maximum atomic E-state index is 12.9. The summed E-state index contributed by atoms with van der Waals surface area (Å²) < 4.78 is 5.09. The summed E-state index contributed by atoms with van der Waals surface area (Å²) in [5, 5.41) is 19.3. The van der Waals surface area contributed by atoms with Gasteiger partial charge in [0.25, 0.3) is 11.8 Å². The maximum absolute atomic E-state index is 12.9. The van der Waals surface area contributed by atoms with Gasteiger partial charge in [-0.1, -0.05) is 35.5 Å². The minimum absolute atomic E-state index is 0. The number of benzene rings is 2. The number of hydrogen-bond acceptors (Lipinski definition) is 10. The highest BCUT2D eigenvalue weighted by Gasteiger charge is 2.33. The van der Waals surface area contributed by atoms with Crippen LogP contribution >= 0.6 is 15.9 Å². The normalized spacial score (nSPS) is 15.0. The third-order valence-corrected chi connectivity index (χ3v) is 10.1. The maximum Gasteiger partial charge on any atom is 0.260 e. The van der Waals surface area contributed by atoms with Crippen LogP contribution in [0, 0.1) is 0 Å². The number of fused-ring (bicyclic) bond motifs is 2. The van der Waals surface area contributed by atoms with E-state index >= 15 is 0 Å². The summed E-state index contributed by atoms with van der Waals surface area (Å²) >= 11 is 3.46. The molecular formula is C41H41BrN12O4. The van der Waals surface area contributed by atoms with Gasteiger partial charge >= 0.3 is 0 Å². The van der Waals surface area contributed by atoms with Gasteiger partial charge in [0, 0.05) is 47.2 Å². The van der Waals surface area contributed by atoms with Crippen LogP contribution in [0.5, 0.6) is 0 Å². The predicted octanol–water partition coefficient (Wildman–Crippen LogP) is 6.52. The highest BCUT2D eigenvalue weighted by Crippen LogP contribution is 2.39. The van der Waals surface area contributed by atoms with Gasteiger partial charge < -0.3 is 20.2 Å². The third kappa shape index (κ3) is 8.39. The van der Waals surface area contributed by atoms with Crippen molar-refractivity contribution in [2.24, 2.45) is 5.73 Å². The number of hydrogen-bond donors (Lipinski definition) is 2. The standard InChI is InChI=1S/C20H18N6O2.C18H14BrN5O.C2H5NO.CH4/c1-12(27)22-14-5-8-16-13(9-14)10-25(20(16)28)18-4-2-3-17(23-18)19-24-21-11-26(19)15-6-7-15;19-12-4-7-14-11(8-12)9-23(18(14)25)16-3-1-2-15(21-16)17-22-20-10-24(17)13-5-6-13;1-2(3)4;/h2-5,8-9,11,15H,6-7,10H2,1H3,(H,22,27);1-4,7-8,10,13H,5-6,9H2;1H3,(H2,3,4);1H4. The van der Waals surface area contributed by atoms with Gasteiger partial charge in [-0.15, -0.1) is 20.4 Å². The van der Waals surface area contributed by atoms with E-state index in [2.05, 4.69) is 56.9 Å². The summed E-state index contributed by atoms with van der Waals surface area (Å²) in [7, 11) is 0. The van der Waals surface area contributed by atoms with Crippen LogP contribution in [0.2, 0.25) is 0 Å². The molecule has 0 radical (unpaired) electrons. The molecule has 0 spiro atoms. The topological polar surface area (TPSA) is 200 Å². The first-order chi connectivity index (χ1) is 27.5. The summed E-state index contributed by atoms with van der Waals surface area (Å²) in [6.45, 7) is 3.70. The van der Waals surface area contributed by atoms with Crippen LogP contribution in [-0.2, 0) is 22.7 Å². The first-order valence-corrected chi connectivity index (χ1v) is 19.2. The van der Waals surface area contributed by atoms with Crippen molar-refractivity contribution < 1.29 is 19.2 Å². The predicted molar refractivity (Wildman–Crippen MR) is 221 cm³/mol. The number of carbonyl (C=O) groups excluding carboxylic acids is 4.